The van der Waals surface area contributed by atoms with Crippen molar-refractivity contribution in [2.45, 2.75) is 26.2 Å². The fourth-order valence-corrected chi connectivity index (χ4v) is 3.45. The SMILES string of the molecule is C[C@H]1C[C@@H]1C(=O)N1CCC(C(=O)c2ccc(Cl)c(Cl)c2)CC1. The smallest absolute Gasteiger partial charge is 0.225 e. The van der Waals surface area contributed by atoms with Crippen LogP contribution in [-0.4, -0.2) is 29.7 Å². The van der Waals surface area contributed by atoms with Gasteiger partial charge in [0.05, 0.1) is 10.0 Å². The minimum Gasteiger partial charge on any atom is -0.342 e. The number of carbonyl (C=O) groups excluding carboxylic acids is 2. The van der Waals surface area contributed by atoms with Crippen LogP contribution in [0.4, 0.5) is 0 Å². The first-order valence-electron chi connectivity index (χ1n) is 7.75. The molecule has 1 aliphatic carbocycles. The zero-order valence-electron chi connectivity index (χ0n) is 12.5. The maximum Gasteiger partial charge on any atom is 0.225 e. The van der Waals surface area contributed by atoms with E-state index in [4.69, 9.17) is 23.2 Å². The Morgan fingerprint density at radius 2 is 1.77 bits per heavy atom. The summed E-state index contributed by atoms with van der Waals surface area (Å²) >= 11 is 11.9. The van der Waals surface area contributed by atoms with Gasteiger partial charge in [0.15, 0.2) is 5.78 Å². The van der Waals surface area contributed by atoms with Crippen LogP contribution in [0.25, 0.3) is 0 Å². The van der Waals surface area contributed by atoms with E-state index in [2.05, 4.69) is 6.92 Å². The van der Waals surface area contributed by atoms with Crippen molar-refractivity contribution in [1.82, 2.24) is 4.90 Å². The lowest BCUT2D eigenvalue weighted by Crippen LogP contribution is -2.41. The number of amides is 1. The summed E-state index contributed by atoms with van der Waals surface area (Å²) in [6.07, 6.45) is 2.47. The lowest BCUT2D eigenvalue weighted by molar-refractivity contribution is -0.134. The van der Waals surface area contributed by atoms with Crippen LogP contribution in [0.1, 0.15) is 36.5 Å². The second kappa shape index (κ2) is 6.21. The molecule has 2 fully saturated rings. The average molecular weight is 340 g/mol. The maximum atomic E-state index is 12.5. The Bertz CT molecular complexity index is 609. The summed E-state index contributed by atoms with van der Waals surface area (Å²) in [6, 6.07) is 5.01. The predicted octanol–water partition coefficient (Wildman–Crippen LogP) is 4.07. The van der Waals surface area contributed by atoms with Gasteiger partial charge in [-0.25, -0.2) is 0 Å². The molecule has 0 bridgehead atoms. The Kier molecular flexibility index (Phi) is 4.47. The third-order valence-electron chi connectivity index (χ3n) is 4.81. The minimum atomic E-state index is -0.0297. The summed E-state index contributed by atoms with van der Waals surface area (Å²) in [5, 5.41) is 0.861. The molecular formula is C17H19Cl2NO2. The summed E-state index contributed by atoms with van der Waals surface area (Å²) in [5.41, 5.74) is 0.606. The number of ketones is 1. The number of rotatable bonds is 3. The summed E-state index contributed by atoms with van der Waals surface area (Å²) in [7, 11) is 0. The Hall–Kier alpha value is -1.06. The van der Waals surface area contributed by atoms with Crippen molar-refractivity contribution < 1.29 is 9.59 Å². The highest BCUT2D eigenvalue weighted by molar-refractivity contribution is 6.42. The number of halogens is 2. The molecule has 0 radical (unpaired) electrons. The molecule has 22 heavy (non-hydrogen) atoms. The zero-order chi connectivity index (χ0) is 15.9. The Morgan fingerprint density at radius 3 is 2.32 bits per heavy atom. The van der Waals surface area contributed by atoms with E-state index in [0.29, 0.717) is 34.6 Å². The highest BCUT2D eigenvalue weighted by atomic mass is 35.5. The number of carbonyl (C=O) groups is 2. The van der Waals surface area contributed by atoms with Crippen molar-refractivity contribution >= 4 is 34.9 Å². The highest BCUT2D eigenvalue weighted by Crippen LogP contribution is 2.40. The van der Waals surface area contributed by atoms with Crippen molar-refractivity contribution in [2.75, 3.05) is 13.1 Å². The molecule has 118 valence electrons. The quantitative estimate of drug-likeness (QED) is 0.778. The van der Waals surface area contributed by atoms with E-state index in [9.17, 15) is 9.59 Å². The fraction of sp³-hybridized carbons (Fsp3) is 0.529. The van der Waals surface area contributed by atoms with Crippen LogP contribution in [0, 0.1) is 17.8 Å². The monoisotopic (exact) mass is 339 g/mol. The first-order valence-corrected chi connectivity index (χ1v) is 8.51. The molecule has 3 rings (SSSR count). The first-order chi connectivity index (χ1) is 10.5. The van der Waals surface area contributed by atoms with Gasteiger partial charge in [0.25, 0.3) is 0 Å². The van der Waals surface area contributed by atoms with Crippen LogP contribution in [0.2, 0.25) is 10.0 Å². The second-order valence-corrected chi connectivity index (χ2v) is 7.23. The van der Waals surface area contributed by atoms with Crippen molar-refractivity contribution in [3.63, 3.8) is 0 Å². The first kappa shape index (κ1) is 15.8. The molecule has 0 aromatic heterocycles. The molecule has 0 spiro atoms. The summed E-state index contributed by atoms with van der Waals surface area (Å²) < 4.78 is 0. The Balaban J connectivity index is 1.59. The predicted molar refractivity (Wildman–Crippen MR) is 87.4 cm³/mol. The third kappa shape index (κ3) is 3.16. The second-order valence-electron chi connectivity index (χ2n) is 6.41. The van der Waals surface area contributed by atoms with Crippen LogP contribution in [0.3, 0.4) is 0 Å². The molecule has 0 N–H and O–H groups in total. The topological polar surface area (TPSA) is 37.4 Å². The van der Waals surface area contributed by atoms with Crippen molar-refractivity contribution in [1.29, 1.82) is 0 Å². The number of hydrogen-bond acceptors (Lipinski definition) is 2. The van der Waals surface area contributed by atoms with E-state index in [1.54, 1.807) is 18.2 Å². The van der Waals surface area contributed by atoms with Crippen LogP contribution in [0.5, 0.6) is 0 Å². The molecule has 1 aliphatic heterocycles. The van der Waals surface area contributed by atoms with Crippen LogP contribution >= 0.6 is 23.2 Å². The van der Waals surface area contributed by atoms with Gasteiger partial charge in [-0.15, -0.1) is 0 Å². The van der Waals surface area contributed by atoms with E-state index in [0.717, 1.165) is 19.3 Å². The van der Waals surface area contributed by atoms with Crippen LogP contribution < -0.4 is 0 Å². The molecule has 0 unspecified atom stereocenters. The molecule has 1 heterocycles. The third-order valence-corrected chi connectivity index (χ3v) is 5.55. The molecule has 1 aromatic rings. The number of benzene rings is 1. The molecule has 3 nitrogen and oxygen atoms in total. The number of Topliss-reactive ketones (excluding diaryl/α,β-unsaturated/α-hetero) is 1. The van der Waals surface area contributed by atoms with Crippen molar-refractivity contribution in [3.05, 3.63) is 33.8 Å². The standard InChI is InChI=1S/C17H19Cl2NO2/c1-10-8-13(10)17(22)20-6-4-11(5-7-20)16(21)12-2-3-14(18)15(19)9-12/h2-3,9-11,13H,4-8H2,1H3/t10-,13-/m0/s1. The number of likely N-dealkylation sites (tertiary alicyclic amines) is 1. The van der Waals surface area contributed by atoms with Gasteiger partial charge in [0, 0.05) is 30.5 Å². The van der Waals surface area contributed by atoms with Gasteiger partial charge in [-0.1, -0.05) is 30.1 Å². The average Bonchev–Trinajstić information content (AvgIpc) is 3.25. The van der Waals surface area contributed by atoms with Crippen LogP contribution in [0.15, 0.2) is 18.2 Å². The van der Waals surface area contributed by atoms with Gasteiger partial charge in [-0.3, -0.25) is 9.59 Å². The lowest BCUT2D eigenvalue weighted by Gasteiger charge is -2.31. The van der Waals surface area contributed by atoms with Gasteiger partial charge < -0.3 is 4.90 Å². The molecule has 2 aliphatic rings. The largest absolute Gasteiger partial charge is 0.342 e. The molecular weight excluding hydrogens is 321 g/mol. The molecule has 2 atom stereocenters. The summed E-state index contributed by atoms with van der Waals surface area (Å²) in [6.45, 7) is 3.47. The maximum absolute atomic E-state index is 12.5. The molecule has 1 saturated heterocycles. The molecule has 1 saturated carbocycles. The van der Waals surface area contributed by atoms with Crippen LogP contribution in [-0.2, 0) is 4.79 Å². The van der Waals surface area contributed by atoms with E-state index in [1.165, 1.54) is 0 Å². The van der Waals surface area contributed by atoms with Crippen molar-refractivity contribution in [2.24, 2.45) is 17.8 Å². The van der Waals surface area contributed by atoms with Gasteiger partial charge >= 0.3 is 0 Å². The zero-order valence-corrected chi connectivity index (χ0v) is 14.0. The minimum absolute atomic E-state index is 0.0297. The van der Waals surface area contributed by atoms with Crippen molar-refractivity contribution in [3.8, 4) is 0 Å². The Morgan fingerprint density at radius 1 is 1.14 bits per heavy atom. The van der Waals surface area contributed by atoms with Gasteiger partial charge in [0.2, 0.25) is 5.91 Å². The Labute approximate surface area is 140 Å². The summed E-state index contributed by atoms with van der Waals surface area (Å²) in [5.74, 6) is 1.10. The van der Waals surface area contributed by atoms with Gasteiger partial charge in [-0.2, -0.15) is 0 Å². The van der Waals surface area contributed by atoms with E-state index in [-0.39, 0.29) is 23.5 Å². The molecule has 1 amide bonds. The lowest BCUT2D eigenvalue weighted by atomic mass is 9.88. The normalized spacial score (nSPS) is 25.1. The van der Waals surface area contributed by atoms with Gasteiger partial charge in [0.1, 0.15) is 0 Å². The molecule has 1 aromatic carbocycles. The molecule has 5 heteroatoms. The highest BCUT2D eigenvalue weighted by Gasteiger charge is 2.42. The summed E-state index contributed by atoms with van der Waals surface area (Å²) in [4.78, 5) is 26.7. The van der Waals surface area contributed by atoms with E-state index in [1.807, 2.05) is 4.90 Å². The fourth-order valence-electron chi connectivity index (χ4n) is 3.15. The van der Waals surface area contributed by atoms with E-state index < -0.39 is 0 Å². The number of piperidine rings is 1. The number of hydrogen-bond donors (Lipinski definition) is 0. The number of nitrogens with zero attached hydrogens (tertiary/aromatic N) is 1. The van der Waals surface area contributed by atoms with E-state index >= 15 is 0 Å². The van der Waals surface area contributed by atoms with Gasteiger partial charge in [-0.05, 0) is 43.4 Å².